The standard InChI is InChI=1S/C29H45NO5SSi/c1-20(2)37(21(3)4,22(5)6)35-19-28-29(31)27(24-11-13-25(34-8)14-12-24)17-18-30(28)36(32,33)26-15-9-23(7)10-16-26/h9-16,20-22,27-29,31H,17-19H2,1-8H3/t27-,28?,29-/m1/s1. The maximum absolute atomic E-state index is 13.9. The number of aryl methyl sites for hydroxylation is 1. The van der Waals surface area contributed by atoms with Gasteiger partial charge in [-0.15, -0.1) is 0 Å². The second-order valence-corrected chi connectivity index (χ2v) is 18.6. The fraction of sp³-hybridized carbons (Fsp3) is 0.586. The Morgan fingerprint density at radius 3 is 1.97 bits per heavy atom. The summed E-state index contributed by atoms with van der Waals surface area (Å²) in [5.74, 6) is 0.552. The Morgan fingerprint density at radius 1 is 0.946 bits per heavy atom. The smallest absolute Gasteiger partial charge is 0.243 e. The van der Waals surface area contributed by atoms with E-state index in [1.807, 2.05) is 43.3 Å². The highest BCUT2D eigenvalue weighted by Gasteiger charge is 2.49. The van der Waals surface area contributed by atoms with E-state index < -0.39 is 30.5 Å². The van der Waals surface area contributed by atoms with Gasteiger partial charge in [-0.1, -0.05) is 71.4 Å². The van der Waals surface area contributed by atoms with Gasteiger partial charge in [-0.25, -0.2) is 8.42 Å². The van der Waals surface area contributed by atoms with Crippen LogP contribution >= 0.6 is 0 Å². The van der Waals surface area contributed by atoms with Crippen LogP contribution < -0.4 is 4.74 Å². The number of ether oxygens (including phenoxy) is 1. The molecule has 1 heterocycles. The highest BCUT2D eigenvalue weighted by Crippen LogP contribution is 2.43. The van der Waals surface area contributed by atoms with E-state index in [9.17, 15) is 13.5 Å². The van der Waals surface area contributed by atoms with Crippen LogP contribution in [0.5, 0.6) is 5.75 Å². The van der Waals surface area contributed by atoms with Crippen LogP contribution in [-0.2, 0) is 14.4 Å². The Kier molecular flexibility index (Phi) is 9.67. The first-order chi connectivity index (χ1) is 17.4. The molecule has 37 heavy (non-hydrogen) atoms. The molecule has 2 aromatic rings. The average molecular weight is 548 g/mol. The highest BCUT2D eigenvalue weighted by atomic mass is 32.2. The molecule has 1 saturated heterocycles. The second-order valence-electron chi connectivity index (χ2n) is 11.3. The maximum Gasteiger partial charge on any atom is 0.243 e. The van der Waals surface area contributed by atoms with Gasteiger partial charge in [0, 0.05) is 12.5 Å². The molecule has 6 nitrogen and oxygen atoms in total. The van der Waals surface area contributed by atoms with Gasteiger partial charge in [0.15, 0.2) is 8.32 Å². The molecular weight excluding hydrogens is 502 g/mol. The molecular formula is C29H45NO5SSi. The van der Waals surface area contributed by atoms with E-state index in [1.54, 1.807) is 19.2 Å². The average Bonchev–Trinajstić information content (AvgIpc) is 2.84. The van der Waals surface area contributed by atoms with E-state index in [0.717, 1.165) is 16.9 Å². The number of sulfonamides is 1. The normalized spacial score (nSPS) is 21.7. The monoisotopic (exact) mass is 547 g/mol. The van der Waals surface area contributed by atoms with Crippen LogP contribution in [0.4, 0.5) is 0 Å². The molecule has 1 aliphatic rings. The summed E-state index contributed by atoms with van der Waals surface area (Å²) in [6.07, 6.45) is -0.378. The van der Waals surface area contributed by atoms with E-state index in [1.165, 1.54) is 4.31 Å². The van der Waals surface area contributed by atoms with E-state index in [4.69, 9.17) is 9.16 Å². The lowest BCUT2D eigenvalue weighted by atomic mass is 9.84. The predicted molar refractivity (Wildman–Crippen MR) is 152 cm³/mol. The summed E-state index contributed by atoms with van der Waals surface area (Å²) in [4.78, 5) is 0.248. The zero-order valence-corrected chi connectivity index (χ0v) is 25.5. The number of benzene rings is 2. The van der Waals surface area contributed by atoms with Crippen LogP contribution in [0.3, 0.4) is 0 Å². The number of aliphatic hydroxyl groups is 1. The Labute approximate surface area is 225 Å². The van der Waals surface area contributed by atoms with E-state index >= 15 is 0 Å². The third-order valence-electron chi connectivity index (χ3n) is 8.22. The molecule has 1 aliphatic heterocycles. The molecule has 1 N–H and O–H groups in total. The SMILES string of the molecule is COc1ccc([C@H]2CCN(S(=O)(=O)c3ccc(C)cc3)C(CO[Si](C(C)C)(C(C)C)C(C)C)[C@@H]2O)cc1. The predicted octanol–water partition coefficient (Wildman–Crippen LogP) is 6.10. The topological polar surface area (TPSA) is 76.1 Å². The first-order valence-corrected chi connectivity index (χ1v) is 17.0. The third-order valence-corrected chi connectivity index (χ3v) is 16.2. The van der Waals surface area contributed by atoms with Gasteiger partial charge in [0.2, 0.25) is 10.0 Å². The summed E-state index contributed by atoms with van der Waals surface area (Å²) in [7, 11) is -4.47. The second kappa shape index (κ2) is 12.0. The van der Waals surface area contributed by atoms with E-state index in [-0.39, 0.29) is 17.4 Å². The van der Waals surface area contributed by atoms with Crippen LogP contribution in [-0.4, -0.2) is 58.6 Å². The molecule has 2 aromatic carbocycles. The molecule has 3 atom stereocenters. The maximum atomic E-state index is 13.9. The van der Waals surface area contributed by atoms with Crippen molar-refractivity contribution in [3.05, 3.63) is 59.7 Å². The minimum absolute atomic E-state index is 0.180. The molecule has 206 valence electrons. The van der Waals surface area contributed by atoms with Crippen molar-refractivity contribution >= 4 is 18.3 Å². The van der Waals surface area contributed by atoms with Gasteiger partial charge in [0.25, 0.3) is 0 Å². The molecule has 8 heteroatoms. The molecule has 0 spiro atoms. The zero-order chi connectivity index (χ0) is 27.5. The molecule has 0 bridgehead atoms. The molecule has 0 aliphatic carbocycles. The number of hydrogen-bond acceptors (Lipinski definition) is 5. The van der Waals surface area contributed by atoms with Gasteiger partial charge >= 0.3 is 0 Å². The van der Waals surface area contributed by atoms with Crippen molar-refractivity contribution < 1.29 is 22.7 Å². The fourth-order valence-electron chi connectivity index (χ4n) is 6.31. The van der Waals surface area contributed by atoms with E-state index in [0.29, 0.717) is 29.6 Å². The summed E-state index contributed by atoms with van der Waals surface area (Å²) in [6, 6.07) is 13.9. The van der Waals surface area contributed by atoms with Crippen molar-refractivity contribution in [3.63, 3.8) is 0 Å². The molecule has 3 rings (SSSR count). The molecule has 0 aromatic heterocycles. The third kappa shape index (κ3) is 5.98. The van der Waals surface area contributed by atoms with Crippen LogP contribution in [0.2, 0.25) is 16.6 Å². The van der Waals surface area contributed by atoms with Crippen molar-refractivity contribution in [2.75, 3.05) is 20.3 Å². The number of nitrogens with zero attached hydrogens (tertiary/aromatic N) is 1. The highest BCUT2D eigenvalue weighted by molar-refractivity contribution is 7.89. The molecule has 0 radical (unpaired) electrons. The Balaban J connectivity index is 2.01. The summed E-state index contributed by atoms with van der Waals surface area (Å²) in [5.41, 5.74) is 3.04. The number of rotatable bonds is 10. The van der Waals surface area contributed by atoms with Crippen molar-refractivity contribution in [1.82, 2.24) is 4.31 Å². The van der Waals surface area contributed by atoms with Crippen molar-refractivity contribution in [2.45, 2.75) is 94.5 Å². The summed E-state index contributed by atoms with van der Waals surface area (Å²) < 4.78 is 41.4. The molecule has 0 amide bonds. The first-order valence-electron chi connectivity index (χ1n) is 13.4. The van der Waals surface area contributed by atoms with Crippen LogP contribution in [0.15, 0.2) is 53.4 Å². The van der Waals surface area contributed by atoms with Crippen molar-refractivity contribution in [2.24, 2.45) is 0 Å². The van der Waals surface area contributed by atoms with Gasteiger partial charge < -0.3 is 14.3 Å². The number of methoxy groups -OCH3 is 1. The lowest BCUT2D eigenvalue weighted by molar-refractivity contribution is 0.00835. The quantitative estimate of drug-likeness (QED) is 0.364. The van der Waals surface area contributed by atoms with Crippen LogP contribution in [0, 0.1) is 6.92 Å². The van der Waals surface area contributed by atoms with Crippen LogP contribution in [0.25, 0.3) is 0 Å². The molecule has 1 fully saturated rings. The van der Waals surface area contributed by atoms with Gasteiger partial charge in [0.05, 0.1) is 30.8 Å². The fourth-order valence-corrected chi connectivity index (χ4v) is 13.4. The summed E-state index contributed by atoms with van der Waals surface area (Å²) in [5, 5.41) is 11.7. The van der Waals surface area contributed by atoms with Crippen molar-refractivity contribution in [1.29, 1.82) is 0 Å². The minimum atomic E-state index is -3.82. The van der Waals surface area contributed by atoms with Gasteiger partial charge in [-0.3, -0.25) is 0 Å². The lowest BCUT2D eigenvalue weighted by Crippen LogP contribution is -2.58. The van der Waals surface area contributed by atoms with Crippen LogP contribution in [0.1, 0.15) is 65.0 Å². The lowest BCUT2D eigenvalue weighted by Gasteiger charge is -2.47. The first kappa shape index (κ1) is 29.8. The Morgan fingerprint density at radius 2 is 1.49 bits per heavy atom. The van der Waals surface area contributed by atoms with Crippen molar-refractivity contribution in [3.8, 4) is 5.75 Å². The number of aliphatic hydroxyl groups excluding tert-OH is 1. The largest absolute Gasteiger partial charge is 0.497 e. The Bertz CT molecular complexity index is 1090. The number of hydrogen-bond donors (Lipinski definition) is 1. The van der Waals surface area contributed by atoms with Gasteiger partial charge in [-0.2, -0.15) is 4.31 Å². The minimum Gasteiger partial charge on any atom is -0.497 e. The van der Waals surface area contributed by atoms with E-state index in [2.05, 4.69) is 41.5 Å². The summed E-state index contributed by atoms with van der Waals surface area (Å²) >= 11 is 0. The Hall–Kier alpha value is -1.71. The number of piperidine rings is 1. The molecule has 1 unspecified atom stereocenters. The molecule has 0 saturated carbocycles. The van der Waals surface area contributed by atoms with Gasteiger partial charge in [0.1, 0.15) is 5.75 Å². The van der Waals surface area contributed by atoms with Gasteiger partial charge in [-0.05, 0) is 59.8 Å². The zero-order valence-electron chi connectivity index (χ0n) is 23.6. The summed E-state index contributed by atoms with van der Waals surface area (Å²) in [6.45, 7) is 15.7.